The molecule has 2 heterocycles. The van der Waals surface area contributed by atoms with Crippen LogP contribution in [0.2, 0.25) is 5.02 Å². The van der Waals surface area contributed by atoms with Gasteiger partial charge in [0.2, 0.25) is 0 Å². The summed E-state index contributed by atoms with van der Waals surface area (Å²) in [6.45, 7) is 6.44. The second-order valence-corrected chi connectivity index (χ2v) is 9.59. The molecule has 0 saturated carbocycles. The molecule has 4 N–H and O–H groups in total. The Morgan fingerprint density at radius 2 is 1.97 bits per heavy atom. The van der Waals surface area contributed by atoms with Gasteiger partial charge in [-0.25, -0.2) is 14.4 Å². The van der Waals surface area contributed by atoms with Gasteiger partial charge in [-0.05, 0) is 62.5 Å². The monoisotopic (exact) mass is 548 g/mol. The smallest absolute Gasteiger partial charge is 0.383 e. The van der Waals surface area contributed by atoms with Crippen LogP contribution in [0.4, 0.5) is 23.4 Å². The molecule has 0 amide bonds. The van der Waals surface area contributed by atoms with Crippen molar-refractivity contribution in [2.45, 2.75) is 38.5 Å². The summed E-state index contributed by atoms with van der Waals surface area (Å²) in [4.78, 5) is 8.85. The Morgan fingerprint density at radius 1 is 1.24 bits per heavy atom. The molecule has 0 aliphatic carbocycles. The van der Waals surface area contributed by atoms with Crippen molar-refractivity contribution in [3.63, 3.8) is 0 Å². The van der Waals surface area contributed by atoms with Crippen molar-refractivity contribution in [3.8, 4) is 11.4 Å². The SMILES string of the molecule is C=C(/N=C\c1nc(-c2ccc(C(F)(F)F)cc2Cl)n(CCC2CCNCC2)c1N)NCc1ccccc1F. The third kappa shape index (κ3) is 6.73. The Labute approximate surface area is 223 Å². The first-order valence-electron chi connectivity index (χ1n) is 12.3. The maximum Gasteiger partial charge on any atom is 0.416 e. The van der Waals surface area contributed by atoms with Gasteiger partial charge in [0.05, 0.1) is 16.8 Å². The molecule has 4 rings (SSSR count). The van der Waals surface area contributed by atoms with Gasteiger partial charge in [0.15, 0.2) is 0 Å². The van der Waals surface area contributed by atoms with Gasteiger partial charge in [0.25, 0.3) is 0 Å². The van der Waals surface area contributed by atoms with Gasteiger partial charge in [-0.1, -0.05) is 36.4 Å². The number of rotatable bonds is 9. The van der Waals surface area contributed by atoms with Crippen molar-refractivity contribution in [3.05, 3.63) is 82.5 Å². The van der Waals surface area contributed by atoms with Crippen LogP contribution in [0, 0.1) is 11.7 Å². The van der Waals surface area contributed by atoms with E-state index in [-0.39, 0.29) is 23.2 Å². The molecule has 1 aliphatic rings. The number of aromatic nitrogens is 2. The number of halogens is 5. The highest BCUT2D eigenvalue weighted by Crippen LogP contribution is 2.36. The van der Waals surface area contributed by atoms with E-state index in [0.717, 1.165) is 44.5 Å². The predicted molar refractivity (Wildman–Crippen MR) is 142 cm³/mol. The van der Waals surface area contributed by atoms with Crippen LogP contribution in [-0.4, -0.2) is 28.9 Å². The van der Waals surface area contributed by atoms with E-state index >= 15 is 0 Å². The summed E-state index contributed by atoms with van der Waals surface area (Å²) in [6.07, 6.45) is -0.186. The Balaban J connectivity index is 1.58. The highest BCUT2D eigenvalue weighted by atomic mass is 35.5. The number of piperidine rings is 1. The molecular formula is C27H29ClF4N6. The minimum Gasteiger partial charge on any atom is -0.383 e. The van der Waals surface area contributed by atoms with Gasteiger partial charge in [-0.15, -0.1) is 0 Å². The van der Waals surface area contributed by atoms with Crippen molar-refractivity contribution >= 4 is 23.6 Å². The molecule has 202 valence electrons. The van der Waals surface area contributed by atoms with E-state index < -0.39 is 11.7 Å². The van der Waals surface area contributed by atoms with Crippen LogP contribution < -0.4 is 16.4 Å². The molecular weight excluding hydrogens is 520 g/mol. The topological polar surface area (TPSA) is 80.3 Å². The lowest BCUT2D eigenvalue weighted by Crippen LogP contribution is -2.28. The molecule has 0 unspecified atom stereocenters. The highest BCUT2D eigenvalue weighted by Gasteiger charge is 2.31. The largest absolute Gasteiger partial charge is 0.416 e. The predicted octanol–water partition coefficient (Wildman–Crippen LogP) is 6.01. The van der Waals surface area contributed by atoms with Crippen LogP contribution in [0.3, 0.4) is 0 Å². The summed E-state index contributed by atoms with van der Waals surface area (Å²) in [7, 11) is 0. The number of nitrogen functional groups attached to an aromatic ring is 1. The molecule has 0 radical (unpaired) electrons. The zero-order chi connectivity index (χ0) is 27.3. The lowest BCUT2D eigenvalue weighted by Gasteiger charge is -2.23. The zero-order valence-electron chi connectivity index (χ0n) is 20.7. The standard InChI is InChI=1S/C27H29ClF4N6/c1-17(35-15-19-4-2-3-5-23(19)29)36-16-24-25(33)38(13-10-18-8-11-34-12-9-18)26(37-24)21-7-6-20(14-22(21)28)27(30,31)32/h2-7,14,16,18,34-35H,1,8-13,15,33H2/b36-16-. The first-order valence-corrected chi connectivity index (χ1v) is 12.7. The van der Waals surface area contributed by atoms with Crippen molar-refractivity contribution < 1.29 is 17.6 Å². The van der Waals surface area contributed by atoms with E-state index in [1.54, 1.807) is 22.8 Å². The number of anilines is 1. The Bertz CT molecular complexity index is 1310. The van der Waals surface area contributed by atoms with Crippen LogP contribution >= 0.6 is 11.6 Å². The maximum atomic E-state index is 13.9. The number of hydrogen-bond donors (Lipinski definition) is 3. The van der Waals surface area contributed by atoms with E-state index in [4.69, 9.17) is 17.3 Å². The quantitative estimate of drug-likeness (QED) is 0.226. The summed E-state index contributed by atoms with van der Waals surface area (Å²) in [5, 5.41) is 6.20. The van der Waals surface area contributed by atoms with Crippen molar-refractivity contribution in [1.29, 1.82) is 0 Å². The molecule has 0 bridgehead atoms. The summed E-state index contributed by atoms with van der Waals surface area (Å²) in [6, 6.07) is 9.54. The molecule has 1 aromatic heterocycles. The number of nitrogens with one attached hydrogen (secondary N) is 2. The van der Waals surface area contributed by atoms with Crippen molar-refractivity contribution in [2.24, 2.45) is 10.9 Å². The van der Waals surface area contributed by atoms with Crippen LogP contribution in [0.5, 0.6) is 0 Å². The van der Waals surface area contributed by atoms with Crippen molar-refractivity contribution in [2.75, 3.05) is 18.8 Å². The van der Waals surface area contributed by atoms with E-state index in [1.807, 2.05) is 0 Å². The number of imidazole rings is 1. The molecule has 0 spiro atoms. The Kier molecular flexibility index (Phi) is 8.73. The molecule has 3 aromatic rings. The van der Waals surface area contributed by atoms with Gasteiger partial charge in [-0.3, -0.25) is 0 Å². The minimum atomic E-state index is -4.51. The summed E-state index contributed by atoms with van der Waals surface area (Å²) in [5.74, 6) is 1.10. The van der Waals surface area contributed by atoms with E-state index in [0.29, 0.717) is 40.9 Å². The van der Waals surface area contributed by atoms with Crippen LogP contribution in [0.15, 0.2) is 59.9 Å². The lowest BCUT2D eigenvalue weighted by molar-refractivity contribution is -0.137. The molecule has 0 atom stereocenters. The molecule has 38 heavy (non-hydrogen) atoms. The van der Waals surface area contributed by atoms with Crippen LogP contribution in [0.1, 0.15) is 36.1 Å². The number of nitrogens with two attached hydrogens (primary N) is 1. The van der Waals surface area contributed by atoms with Crippen molar-refractivity contribution in [1.82, 2.24) is 20.2 Å². The van der Waals surface area contributed by atoms with Crippen LogP contribution in [-0.2, 0) is 19.3 Å². The fourth-order valence-electron chi connectivity index (χ4n) is 4.39. The first-order chi connectivity index (χ1) is 18.1. The molecule has 1 fully saturated rings. The maximum absolute atomic E-state index is 13.9. The average molecular weight is 549 g/mol. The average Bonchev–Trinajstić information content (AvgIpc) is 3.20. The number of nitrogens with zero attached hydrogens (tertiary/aromatic N) is 3. The molecule has 1 aliphatic heterocycles. The Morgan fingerprint density at radius 3 is 2.66 bits per heavy atom. The number of benzene rings is 2. The van der Waals surface area contributed by atoms with E-state index in [2.05, 4.69) is 27.2 Å². The minimum absolute atomic E-state index is 0.0765. The van der Waals surface area contributed by atoms with Gasteiger partial charge in [-0.2, -0.15) is 13.2 Å². The van der Waals surface area contributed by atoms with Crippen LogP contribution in [0.25, 0.3) is 11.4 Å². The van der Waals surface area contributed by atoms with Gasteiger partial charge < -0.3 is 20.9 Å². The second kappa shape index (κ2) is 12.0. The third-order valence-corrected chi connectivity index (χ3v) is 6.89. The number of aliphatic imine (C=N–C) groups is 1. The van der Waals surface area contributed by atoms with E-state index in [1.165, 1.54) is 18.3 Å². The first kappa shape index (κ1) is 27.7. The zero-order valence-corrected chi connectivity index (χ0v) is 21.4. The van der Waals surface area contributed by atoms with Gasteiger partial charge >= 0.3 is 6.18 Å². The normalized spacial score (nSPS) is 14.8. The lowest BCUT2D eigenvalue weighted by atomic mass is 9.94. The fourth-order valence-corrected chi connectivity index (χ4v) is 4.65. The highest BCUT2D eigenvalue weighted by molar-refractivity contribution is 6.33. The molecule has 2 aromatic carbocycles. The fraction of sp³-hybridized carbons (Fsp3) is 0.333. The van der Waals surface area contributed by atoms with Gasteiger partial charge in [0, 0.05) is 24.2 Å². The summed E-state index contributed by atoms with van der Waals surface area (Å²) in [5.41, 5.74) is 6.74. The third-order valence-electron chi connectivity index (χ3n) is 6.58. The van der Waals surface area contributed by atoms with Gasteiger partial charge in [0.1, 0.15) is 29.0 Å². The summed E-state index contributed by atoms with van der Waals surface area (Å²) < 4.78 is 55.2. The van der Waals surface area contributed by atoms with E-state index in [9.17, 15) is 17.6 Å². The molecule has 6 nitrogen and oxygen atoms in total. The second-order valence-electron chi connectivity index (χ2n) is 9.18. The summed E-state index contributed by atoms with van der Waals surface area (Å²) >= 11 is 6.30. The molecule has 1 saturated heterocycles. The Hall–Kier alpha value is -3.37. The number of hydrogen-bond acceptors (Lipinski definition) is 5. The number of alkyl halides is 3. The molecule has 11 heteroatoms.